The fourth-order valence-corrected chi connectivity index (χ4v) is 2.69. The summed E-state index contributed by atoms with van der Waals surface area (Å²) in [6.45, 7) is 5.22. The molecule has 3 heteroatoms. The van der Waals surface area contributed by atoms with Crippen molar-refractivity contribution in [2.24, 2.45) is 0 Å². The maximum atomic E-state index is 5.74. The number of hydrogen-bond acceptors (Lipinski definition) is 2. The first-order valence-corrected chi connectivity index (χ1v) is 7.78. The number of nitrogens with two attached hydrogens (primary N) is 1. The highest BCUT2D eigenvalue weighted by Crippen LogP contribution is 2.19. The molecule has 20 heavy (non-hydrogen) atoms. The van der Waals surface area contributed by atoms with Crippen molar-refractivity contribution in [2.45, 2.75) is 26.4 Å². The average Bonchev–Trinajstić information content (AvgIpc) is 2.44. The molecule has 0 saturated carbocycles. The maximum Gasteiger partial charge on any atom is 0.0314 e. The summed E-state index contributed by atoms with van der Waals surface area (Å²) in [4.78, 5) is 2.46. The third-order valence-corrected chi connectivity index (χ3v) is 4.05. The molecule has 0 aromatic heterocycles. The summed E-state index contributed by atoms with van der Waals surface area (Å²) in [5.41, 5.74) is 9.20. The number of nitrogen functional groups attached to an aromatic ring is 1. The van der Waals surface area contributed by atoms with Crippen molar-refractivity contribution in [1.29, 1.82) is 0 Å². The summed E-state index contributed by atoms with van der Waals surface area (Å²) in [6, 6.07) is 16.6. The van der Waals surface area contributed by atoms with Crippen LogP contribution in [-0.2, 0) is 13.1 Å². The fourth-order valence-electron chi connectivity index (χ4n) is 2.28. The van der Waals surface area contributed by atoms with Gasteiger partial charge in [0.25, 0.3) is 0 Å². The molecular formula is C17H21BrN2. The molecule has 0 aliphatic carbocycles. The van der Waals surface area contributed by atoms with E-state index >= 15 is 0 Å². The molecule has 0 fully saturated rings. The van der Waals surface area contributed by atoms with Crippen LogP contribution in [0.3, 0.4) is 0 Å². The van der Waals surface area contributed by atoms with Gasteiger partial charge in [0.15, 0.2) is 0 Å². The van der Waals surface area contributed by atoms with Crippen LogP contribution >= 0.6 is 15.9 Å². The Morgan fingerprint density at radius 2 is 1.70 bits per heavy atom. The van der Waals surface area contributed by atoms with Crippen LogP contribution in [0.4, 0.5) is 5.69 Å². The second kappa shape index (κ2) is 7.46. The van der Waals surface area contributed by atoms with Gasteiger partial charge in [-0.25, -0.2) is 0 Å². The molecule has 2 aromatic carbocycles. The SMILES string of the molecule is CCCN(Cc1ccc(N)cc1)Cc1ccccc1Br. The van der Waals surface area contributed by atoms with E-state index < -0.39 is 0 Å². The van der Waals surface area contributed by atoms with Crippen LogP contribution in [0, 0.1) is 0 Å². The van der Waals surface area contributed by atoms with Gasteiger partial charge in [-0.1, -0.05) is 53.2 Å². The lowest BCUT2D eigenvalue weighted by Gasteiger charge is -2.22. The predicted molar refractivity (Wildman–Crippen MR) is 89.4 cm³/mol. The molecule has 0 aliphatic rings. The standard InChI is InChI=1S/C17H21BrN2/c1-2-11-20(12-14-7-9-16(19)10-8-14)13-15-5-3-4-6-17(15)18/h3-10H,2,11-13,19H2,1H3. The van der Waals surface area contributed by atoms with Crippen molar-refractivity contribution in [3.05, 3.63) is 64.1 Å². The van der Waals surface area contributed by atoms with E-state index in [1.54, 1.807) is 0 Å². The highest BCUT2D eigenvalue weighted by atomic mass is 79.9. The van der Waals surface area contributed by atoms with Gasteiger partial charge in [-0.2, -0.15) is 0 Å². The summed E-state index contributed by atoms with van der Waals surface area (Å²) in [5.74, 6) is 0. The van der Waals surface area contributed by atoms with Gasteiger partial charge in [0, 0.05) is 23.2 Å². The zero-order chi connectivity index (χ0) is 14.4. The first kappa shape index (κ1) is 15.1. The molecule has 0 unspecified atom stereocenters. The van der Waals surface area contributed by atoms with Gasteiger partial charge in [-0.15, -0.1) is 0 Å². The Morgan fingerprint density at radius 3 is 2.35 bits per heavy atom. The van der Waals surface area contributed by atoms with Gasteiger partial charge in [-0.3, -0.25) is 4.90 Å². The molecule has 0 aliphatic heterocycles. The van der Waals surface area contributed by atoms with Crippen molar-refractivity contribution in [2.75, 3.05) is 12.3 Å². The van der Waals surface area contributed by atoms with Gasteiger partial charge in [0.2, 0.25) is 0 Å². The highest BCUT2D eigenvalue weighted by Gasteiger charge is 2.08. The molecule has 106 valence electrons. The molecule has 2 N–H and O–H groups in total. The predicted octanol–water partition coefficient (Wildman–Crippen LogP) is 4.44. The molecule has 2 aromatic rings. The lowest BCUT2D eigenvalue weighted by Crippen LogP contribution is -2.23. The minimum Gasteiger partial charge on any atom is -0.399 e. The summed E-state index contributed by atoms with van der Waals surface area (Å²) < 4.78 is 1.18. The van der Waals surface area contributed by atoms with Crippen molar-refractivity contribution in [1.82, 2.24) is 4.90 Å². The number of benzene rings is 2. The summed E-state index contributed by atoms with van der Waals surface area (Å²) >= 11 is 3.63. The average molecular weight is 333 g/mol. The minimum absolute atomic E-state index is 0.821. The maximum absolute atomic E-state index is 5.74. The van der Waals surface area contributed by atoms with Gasteiger partial charge in [0.1, 0.15) is 0 Å². The zero-order valence-electron chi connectivity index (χ0n) is 11.8. The van der Waals surface area contributed by atoms with E-state index in [4.69, 9.17) is 5.73 Å². The summed E-state index contributed by atoms with van der Waals surface area (Å²) in [5, 5.41) is 0. The topological polar surface area (TPSA) is 29.3 Å². The van der Waals surface area contributed by atoms with Crippen LogP contribution in [0.25, 0.3) is 0 Å². The van der Waals surface area contributed by atoms with E-state index in [2.05, 4.69) is 64.2 Å². The first-order chi connectivity index (χ1) is 9.69. The molecule has 0 amide bonds. The van der Waals surface area contributed by atoms with Crippen LogP contribution in [0.2, 0.25) is 0 Å². The smallest absolute Gasteiger partial charge is 0.0314 e. The second-order valence-electron chi connectivity index (χ2n) is 5.04. The third-order valence-electron chi connectivity index (χ3n) is 3.28. The Balaban J connectivity index is 2.07. The Labute approximate surface area is 129 Å². The number of halogens is 1. The zero-order valence-corrected chi connectivity index (χ0v) is 13.4. The lowest BCUT2D eigenvalue weighted by atomic mass is 10.1. The van der Waals surface area contributed by atoms with Crippen molar-refractivity contribution >= 4 is 21.6 Å². The largest absolute Gasteiger partial charge is 0.399 e. The van der Waals surface area contributed by atoms with E-state index in [0.717, 1.165) is 31.7 Å². The van der Waals surface area contributed by atoms with Crippen LogP contribution in [0.5, 0.6) is 0 Å². The van der Waals surface area contributed by atoms with Gasteiger partial charge >= 0.3 is 0 Å². The second-order valence-corrected chi connectivity index (χ2v) is 5.90. The van der Waals surface area contributed by atoms with E-state index in [-0.39, 0.29) is 0 Å². The van der Waals surface area contributed by atoms with Crippen molar-refractivity contribution < 1.29 is 0 Å². The molecule has 2 rings (SSSR count). The molecule has 0 bridgehead atoms. The molecule has 0 atom stereocenters. The van der Waals surface area contributed by atoms with Crippen LogP contribution in [-0.4, -0.2) is 11.4 Å². The van der Waals surface area contributed by atoms with E-state index in [1.807, 2.05) is 12.1 Å². The number of rotatable bonds is 6. The number of anilines is 1. The third kappa shape index (κ3) is 4.36. The van der Waals surface area contributed by atoms with E-state index in [1.165, 1.54) is 15.6 Å². The molecule has 0 heterocycles. The van der Waals surface area contributed by atoms with E-state index in [9.17, 15) is 0 Å². The quantitative estimate of drug-likeness (QED) is 0.792. The normalized spacial score (nSPS) is 10.9. The Hall–Kier alpha value is -1.32. The summed E-state index contributed by atoms with van der Waals surface area (Å²) in [7, 11) is 0. The number of nitrogens with zero attached hydrogens (tertiary/aromatic N) is 1. The van der Waals surface area contributed by atoms with Gasteiger partial charge < -0.3 is 5.73 Å². The minimum atomic E-state index is 0.821. The van der Waals surface area contributed by atoms with Gasteiger partial charge in [-0.05, 0) is 42.3 Å². The molecule has 2 nitrogen and oxygen atoms in total. The Kier molecular flexibility index (Phi) is 5.62. The number of hydrogen-bond donors (Lipinski definition) is 1. The summed E-state index contributed by atoms with van der Waals surface area (Å²) in [6.07, 6.45) is 1.15. The van der Waals surface area contributed by atoms with Crippen LogP contribution in [0.1, 0.15) is 24.5 Å². The molecular weight excluding hydrogens is 312 g/mol. The fraction of sp³-hybridized carbons (Fsp3) is 0.294. The monoisotopic (exact) mass is 332 g/mol. The Bertz CT molecular complexity index is 537. The lowest BCUT2D eigenvalue weighted by molar-refractivity contribution is 0.257. The van der Waals surface area contributed by atoms with Crippen molar-refractivity contribution in [3.8, 4) is 0 Å². The Morgan fingerprint density at radius 1 is 1.00 bits per heavy atom. The van der Waals surface area contributed by atoms with Crippen molar-refractivity contribution in [3.63, 3.8) is 0 Å². The highest BCUT2D eigenvalue weighted by molar-refractivity contribution is 9.10. The van der Waals surface area contributed by atoms with Crippen LogP contribution < -0.4 is 5.73 Å². The molecule has 0 radical (unpaired) electrons. The van der Waals surface area contributed by atoms with Gasteiger partial charge in [0.05, 0.1) is 0 Å². The van der Waals surface area contributed by atoms with Crippen LogP contribution in [0.15, 0.2) is 53.0 Å². The first-order valence-electron chi connectivity index (χ1n) is 6.99. The molecule has 0 spiro atoms. The molecule has 0 saturated heterocycles. The van der Waals surface area contributed by atoms with E-state index in [0.29, 0.717) is 0 Å².